The molecule has 1 saturated carbocycles. The second-order valence-electron chi connectivity index (χ2n) is 9.67. The lowest BCUT2D eigenvalue weighted by Gasteiger charge is -2.33. The van der Waals surface area contributed by atoms with Crippen LogP contribution < -0.4 is 15.5 Å². The molecule has 0 aliphatic heterocycles. The summed E-state index contributed by atoms with van der Waals surface area (Å²) in [6, 6.07) is 15.2. The maximum atomic E-state index is 13.4. The minimum Gasteiger partial charge on any atom is -0.453 e. The quantitative estimate of drug-likeness (QED) is 0.386. The van der Waals surface area contributed by atoms with Crippen molar-refractivity contribution >= 4 is 29.7 Å². The van der Waals surface area contributed by atoms with Crippen molar-refractivity contribution in [2.45, 2.75) is 64.6 Å². The molecule has 1 aliphatic rings. The van der Waals surface area contributed by atoms with Gasteiger partial charge in [0.05, 0.1) is 13.7 Å². The zero-order valence-electron chi connectivity index (χ0n) is 23.2. The summed E-state index contributed by atoms with van der Waals surface area (Å²) in [6.45, 7) is 4.30. The van der Waals surface area contributed by atoms with Gasteiger partial charge in [-0.15, -0.1) is 0 Å². The van der Waals surface area contributed by atoms with Gasteiger partial charge in [0, 0.05) is 36.9 Å². The van der Waals surface area contributed by atoms with Gasteiger partial charge >= 0.3 is 6.09 Å². The molecule has 1 aromatic heterocycles. The lowest BCUT2D eigenvalue weighted by Crippen LogP contribution is -2.44. The number of aromatic nitrogens is 2. The van der Waals surface area contributed by atoms with E-state index < -0.39 is 12.1 Å². The molecule has 1 aliphatic carbocycles. The van der Waals surface area contributed by atoms with Crippen LogP contribution >= 0.6 is 0 Å². The number of carbonyl (C=O) groups is 3. The Kier molecular flexibility index (Phi) is 11.1. The van der Waals surface area contributed by atoms with Crippen LogP contribution in [0.15, 0.2) is 60.9 Å². The molecule has 1 fully saturated rings. The zero-order chi connectivity index (χ0) is 28.2. The van der Waals surface area contributed by atoms with Crippen molar-refractivity contribution in [3.05, 3.63) is 77.9 Å². The molecular formula is C30H39N5O4. The van der Waals surface area contributed by atoms with Crippen molar-refractivity contribution in [2.75, 3.05) is 24.4 Å². The average Bonchev–Trinajstić information content (AvgIpc) is 3.35. The molecule has 2 amide bonds. The summed E-state index contributed by atoms with van der Waals surface area (Å²) in [7, 11) is 3.24. The number of methoxy groups -OCH3 is 1. The van der Waals surface area contributed by atoms with Gasteiger partial charge in [-0.2, -0.15) is 0 Å². The fourth-order valence-electron chi connectivity index (χ4n) is 4.74. The number of likely N-dealkylation sites (N-methyl/N-ethyl adjacent to an activating group) is 1. The van der Waals surface area contributed by atoms with Gasteiger partial charge in [0.1, 0.15) is 18.2 Å². The first kappa shape index (κ1) is 29.4. The Labute approximate surface area is 230 Å². The van der Waals surface area contributed by atoms with Crippen molar-refractivity contribution in [1.82, 2.24) is 14.9 Å². The van der Waals surface area contributed by atoms with Crippen LogP contribution in [0.3, 0.4) is 0 Å². The molecule has 0 spiro atoms. The number of rotatable bonds is 8. The molecule has 2 aromatic carbocycles. The number of nitrogens with one attached hydrogen (secondary N) is 2. The van der Waals surface area contributed by atoms with Crippen molar-refractivity contribution < 1.29 is 19.1 Å². The summed E-state index contributed by atoms with van der Waals surface area (Å²) >= 11 is 0. The molecule has 2 N–H and O–H groups in total. The third-order valence-electron chi connectivity index (χ3n) is 6.95. The molecule has 1 unspecified atom stereocenters. The van der Waals surface area contributed by atoms with E-state index in [0.29, 0.717) is 12.2 Å². The van der Waals surface area contributed by atoms with E-state index >= 15 is 0 Å². The normalized spacial score (nSPS) is 13.8. The monoisotopic (exact) mass is 533 g/mol. The number of nitrogens with zero attached hydrogens (tertiary/aromatic N) is 3. The summed E-state index contributed by atoms with van der Waals surface area (Å²) < 4.78 is 6.47. The van der Waals surface area contributed by atoms with Crippen LogP contribution in [0.2, 0.25) is 0 Å². The molecule has 9 heteroatoms. The van der Waals surface area contributed by atoms with Crippen LogP contribution in [0, 0.1) is 13.8 Å². The first-order valence-electron chi connectivity index (χ1n) is 13.3. The number of anilines is 2. The Morgan fingerprint density at radius 2 is 1.87 bits per heavy atom. The average molecular weight is 534 g/mol. The molecule has 39 heavy (non-hydrogen) atoms. The predicted octanol–water partition coefficient (Wildman–Crippen LogP) is 5.19. The van der Waals surface area contributed by atoms with Crippen LogP contribution in [0.25, 0.3) is 0 Å². The highest BCUT2D eigenvalue weighted by molar-refractivity contribution is 5.88. The summed E-state index contributed by atoms with van der Waals surface area (Å²) in [6.07, 6.45) is 9.43. The maximum Gasteiger partial charge on any atom is 0.411 e. The van der Waals surface area contributed by atoms with Crippen LogP contribution in [0.1, 0.15) is 55.1 Å². The van der Waals surface area contributed by atoms with Gasteiger partial charge in [0.25, 0.3) is 0 Å². The third kappa shape index (κ3) is 8.43. The highest BCUT2D eigenvalue weighted by Gasteiger charge is 2.29. The van der Waals surface area contributed by atoms with Crippen LogP contribution in [-0.4, -0.2) is 48.0 Å². The van der Waals surface area contributed by atoms with Crippen LogP contribution in [-0.2, 0) is 20.9 Å². The van der Waals surface area contributed by atoms with Crippen molar-refractivity contribution in [1.29, 1.82) is 0 Å². The second-order valence-corrected chi connectivity index (χ2v) is 9.67. The lowest BCUT2D eigenvalue weighted by atomic mass is 9.94. The number of hydrogen-bond donors (Lipinski definition) is 2. The summed E-state index contributed by atoms with van der Waals surface area (Å²) in [4.78, 5) is 40.9. The largest absolute Gasteiger partial charge is 0.453 e. The van der Waals surface area contributed by atoms with E-state index in [4.69, 9.17) is 0 Å². The van der Waals surface area contributed by atoms with Crippen molar-refractivity contribution in [3.63, 3.8) is 0 Å². The smallest absolute Gasteiger partial charge is 0.411 e. The molecule has 1 heterocycles. The number of ether oxygens (including phenoxy) is 1. The summed E-state index contributed by atoms with van der Waals surface area (Å²) in [5.74, 6) is 0.882. The topological polar surface area (TPSA) is 106 Å². The Morgan fingerprint density at radius 1 is 1.13 bits per heavy atom. The fourth-order valence-corrected chi connectivity index (χ4v) is 4.74. The highest BCUT2D eigenvalue weighted by Crippen LogP contribution is 2.30. The first-order chi connectivity index (χ1) is 18.8. The molecule has 208 valence electrons. The third-order valence-corrected chi connectivity index (χ3v) is 6.95. The molecule has 1 atom stereocenters. The van der Waals surface area contributed by atoms with E-state index in [-0.39, 0.29) is 11.9 Å². The van der Waals surface area contributed by atoms with Gasteiger partial charge in [-0.25, -0.2) is 9.78 Å². The van der Waals surface area contributed by atoms with E-state index in [2.05, 4.69) is 20.4 Å². The van der Waals surface area contributed by atoms with E-state index in [9.17, 15) is 14.4 Å². The van der Waals surface area contributed by atoms with Gasteiger partial charge in [-0.1, -0.05) is 49.6 Å². The molecule has 0 saturated heterocycles. The zero-order valence-corrected chi connectivity index (χ0v) is 23.2. The highest BCUT2D eigenvalue weighted by atomic mass is 16.5. The lowest BCUT2D eigenvalue weighted by molar-refractivity contribution is -0.123. The molecule has 3 aromatic rings. The standard InChI is InChI=1S/C24H31N3O3.C6H8N2O/c1-17-10-7-8-15-21(17)22(23(28)25-18-11-5-4-6-12-18)27(2)20-14-9-13-19(16-20)26-24(29)30-3;1-6-7-2-3-8(6)4-5-9/h7-10,13-16,18,22H,4-6,11-12H2,1-3H3,(H,25,28)(H,26,29);2-3,5H,4H2,1H3. The molecule has 4 rings (SSSR count). The van der Waals surface area contributed by atoms with E-state index in [1.807, 2.05) is 68.3 Å². The predicted molar refractivity (Wildman–Crippen MR) is 153 cm³/mol. The van der Waals surface area contributed by atoms with Crippen LogP contribution in [0.5, 0.6) is 0 Å². The minimum atomic E-state index is -0.528. The number of imidazole rings is 1. The number of aldehydes is 1. The van der Waals surface area contributed by atoms with Crippen molar-refractivity contribution in [3.8, 4) is 0 Å². The Morgan fingerprint density at radius 3 is 2.51 bits per heavy atom. The molecular weight excluding hydrogens is 494 g/mol. The maximum absolute atomic E-state index is 13.4. The SMILES string of the molecule is COC(=O)Nc1cccc(N(C)C(C(=O)NC2CCCCC2)c2ccccc2C)c1.Cc1nccn1CC=O. The first-order valence-corrected chi connectivity index (χ1v) is 13.3. The Hall–Kier alpha value is -4.14. The van der Waals surface area contributed by atoms with E-state index in [0.717, 1.165) is 54.6 Å². The number of hydrogen-bond acceptors (Lipinski definition) is 6. The number of benzene rings is 2. The van der Waals surface area contributed by atoms with Gasteiger partial charge in [-0.05, 0) is 56.0 Å². The van der Waals surface area contributed by atoms with E-state index in [1.54, 1.807) is 23.0 Å². The van der Waals surface area contributed by atoms with Gasteiger partial charge < -0.3 is 24.3 Å². The number of amides is 2. The molecule has 0 bridgehead atoms. The van der Waals surface area contributed by atoms with Crippen LogP contribution in [0.4, 0.5) is 16.2 Å². The van der Waals surface area contributed by atoms with Gasteiger partial charge in [-0.3, -0.25) is 10.1 Å². The van der Waals surface area contributed by atoms with Gasteiger partial charge in [0.2, 0.25) is 5.91 Å². The van der Waals surface area contributed by atoms with Gasteiger partial charge in [0.15, 0.2) is 0 Å². The molecule has 9 nitrogen and oxygen atoms in total. The summed E-state index contributed by atoms with van der Waals surface area (Å²) in [5.41, 5.74) is 3.48. The second kappa shape index (κ2) is 14.7. The minimum absolute atomic E-state index is 0.00466. The van der Waals surface area contributed by atoms with Crippen molar-refractivity contribution in [2.24, 2.45) is 0 Å². The summed E-state index contributed by atoms with van der Waals surface area (Å²) in [5, 5.41) is 5.96. The van der Waals surface area contributed by atoms with E-state index in [1.165, 1.54) is 13.5 Å². The number of carbonyl (C=O) groups excluding carboxylic acids is 3. The molecule has 0 radical (unpaired) electrons. The Bertz CT molecular complexity index is 1240. The Balaban J connectivity index is 0.000000395. The fraction of sp³-hybridized carbons (Fsp3) is 0.400. The number of aryl methyl sites for hydroxylation is 2.